The zero-order chi connectivity index (χ0) is 24.6. The molecule has 0 saturated carbocycles. The van der Waals surface area contributed by atoms with Gasteiger partial charge in [-0.1, -0.05) is 51.3 Å². The van der Waals surface area contributed by atoms with Crippen LogP contribution in [-0.2, 0) is 12.3 Å². The van der Waals surface area contributed by atoms with Crippen LogP contribution >= 0.6 is 11.8 Å². The molecule has 0 fully saturated rings. The largest absolute Gasteiger partial charge is 0.493 e. The Bertz CT molecular complexity index is 996. The lowest BCUT2D eigenvalue weighted by Gasteiger charge is -2.17. The number of halogens is 1. The van der Waals surface area contributed by atoms with Gasteiger partial charge >= 0.3 is 0 Å². The Kier molecular flexibility index (Phi) is 9.68. The molecule has 7 heteroatoms. The number of nitrogens with one attached hydrogen (secondary N) is 1. The molecule has 1 aromatic heterocycles. The van der Waals surface area contributed by atoms with Crippen LogP contribution in [0.25, 0.3) is 10.6 Å². The van der Waals surface area contributed by atoms with E-state index in [1.165, 1.54) is 11.8 Å². The molecule has 0 radical (unpaired) electrons. The summed E-state index contributed by atoms with van der Waals surface area (Å²) in [6, 6.07) is 6.04. The summed E-state index contributed by atoms with van der Waals surface area (Å²) in [6.45, 7) is 19.1. The molecule has 2 rings (SSSR count). The molecule has 2 atom stereocenters. The minimum absolute atomic E-state index is 0.0479. The molecular weight excluding hydrogens is 435 g/mol. The Morgan fingerprint density at radius 2 is 1.91 bits per heavy atom. The van der Waals surface area contributed by atoms with Gasteiger partial charge in [0.25, 0.3) is 0 Å². The van der Waals surface area contributed by atoms with Crippen molar-refractivity contribution in [2.24, 2.45) is 11.7 Å². The molecule has 1 heterocycles. The molecule has 5 nitrogen and oxygen atoms in total. The van der Waals surface area contributed by atoms with Crippen molar-refractivity contribution in [3.05, 3.63) is 77.2 Å². The summed E-state index contributed by atoms with van der Waals surface area (Å²) in [6.07, 6.45) is 6.23. The first-order chi connectivity index (χ1) is 15.5. The molecule has 1 aromatic carbocycles. The Balaban J connectivity index is 2.20. The van der Waals surface area contributed by atoms with E-state index in [0.717, 1.165) is 39.5 Å². The fourth-order valence-corrected chi connectivity index (χ4v) is 3.44. The van der Waals surface area contributed by atoms with Crippen molar-refractivity contribution in [2.45, 2.75) is 53.4 Å². The molecule has 3 N–H and O–H groups in total. The van der Waals surface area contributed by atoms with Gasteiger partial charge in [0, 0.05) is 40.7 Å². The molecular formula is C26H35FN4OS. The van der Waals surface area contributed by atoms with Crippen molar-refractivity contribution >= 4 is 22.4 Å². The van der Waals surface area contributed by atoms with Gasteiger partial charge in [-0.3, -0.25) is 5.73 Å². The zero-order valence-electron chi connectivity index (χ0n) is 20.2. The number of rotatable bonds is 12. The second kappa shape index (κ2) is 12.0. The number of alkyl halides is 1. The predicted octanol–water partition coefficient (Wildman–Crippen LogP) is 6.39. The monoisotopic (exact) mass is 470 g/mol. The molecule has 0 aliphatic heterocycles. The highest BCUT2D eigenvalue weighted by Crippen LogP contribution is 2.35. The Labute approximate surface area is 201 Å². The van der Waals surface area contributed by atoms with E-state index >= 15 is 0 Å². The van der Waals surface area contributed by atoms with Gasteiger partial charge in [-0.2, -0.15) is 0 Å². The lowest BCUT2D eigenvalue weighted by atomic mass is 10.1. The van der Waals surface area contributed by atoms with Gasteiger partial charge in [0.15, 0.2) is 5.82 Å². The molecule has 0 saturated heterocycles. The minimum Gasteiger partial charge on any atom is -0.493 e. The molecule has 2 unspecified atom stereocenters. The third-order valence-corrected chi connectivity index (χ3v) is 6.19. The van der Waals surface area contributed by atoms with Gasteiger partial charge in [0.1, 0.15) is 5.75 Å². The number of hydrogen-bond acceptors (Lipinski definition) is 6. The van der Waals surface area contributed by atoms with Crippen LogP contribution < -0.4 is 15.8 Å². The smallest absolute Gasteiger partial charge is 0.216 e. The van der Waals surface area contributed by atoms with Crippen molar-refractivity contribution in [3.63, 3.8) is 0 Å². The number of thioether (sulfide) groups is 1. The number of aromatic nitrogens is 2. The van der Waals surface area contributed by atoms with Crippen LogP contribution in [0.5, 0.6) is 5.75 Å². The van der Waals surface area contributed by atoms with E-state index in [2.05, 4.69) is 55.3 Å². The van der Waals surface area contributed by atoms with Crippen molar-refractivity contribution in [2.75, 3.05) is 6.61 Å². The van der Waals surface area contributed by atoms with Gasteiger partial charge in [-0.25, -0.2) is 14.4 Å². The lowest BCUT2D eigenvalue weighted by Crippen LogP contribution is -2.29. The highest BCUT2D eigenvalue weighted by Gasteiger charge is 2.22. The molecule has 2 aromatic rings. The molecule has 0 aliphatic rings. The average molecular weight is 471 g/mol. The van der Waals surface area contributed by atoms with Gasteiger partial charge in [0.05, 0.1) is 6.61 Å². The summed E-state index contributed by atoms with van der Waals surface area (Å²) < 4.78 is 19.8. The summed E-state index contributed by atoms with van der Waals surface area (Å²) >= 11 is 1.63. The number of ether oxygens (including phenoxy) is 1. The first-order valence-electron chi connectivity index (χ1n) is 11.0. The maximum atomic E-state index is 13.8. The van der Waals surface area contributed by atoms with E-state index in [1.54, 1.807) is 24.2 Å². The predicted molar refractivity (Wildman–Crippen MR) is 138 cm³/mol. The van der Waals surface area contributed by atoms with Crippen LogP contribution in [0.15, 0.2) is 54.7 Å². The Morgan fingerprint density at radius 1 is 1.27 bits per heavy atom. The zero-order valence-corrected chi connectivity index (χ0v) is 21.1. The summed E-state index contributed by atoms with van der Waals surface area (Å²) in [5.74, 6) is -0.867. The standard InChI is InChI=1S/C26H35FN4OS/c1-8-17(3)16-32-24-11-22(10-23(12-24)20(6)33-18(4)9-2)19(5)29-13-21-14-30-25(31-15-21)26(7,27)28/h9-12,14-15,17,29H,5-6,8,13,16,28H2,1-4,7H3/b18-9-. The van der Waals surface area contributed by atoms with Crippen LogP contribution in [0.2, 0.25) is 0 Å². The first kappa shape index (κ1) is 26.6. The molecule has 0 bridgehead atoms. The second-order valence-electron chi connectivity index (χ2n) is 8.32. The maximum absolute atomic E-state index is 13.8. The summed E-state index contributed by atoms with van der Waals surface area (Å²) in [5, 5.41) is 3.29. The molecule has 0 aliphatic carbocycles. The maximum Gasteiger partial charge on any atom is 0.216 e. The number of hydrogen-bond donors (Lipinski definition) is 2. The van der Waals surface area contributed by atoms with Gasteiger partial charge in [-0.05, 0) is 55.4 Å². The minimum atomic E-state index is -2.06. The normalized spacial score (nSPS) is 14.3. The quantitative estimate of drug-likeness (QED) is 0.350. The number of nitrogens with two attached hydrogens (primary N) is 1. The average Bonchev–Trinajstić information content (AvgIpc) is 2.80. The van der Waals surface area contributed by atoms with E-state index in [1.807, 2.05) is 25.1 Å². The first-order valence-corrected chi connectivity index (χ1v) is 11.8. The second-order valence-corrected chi connectivity index (χ2v) is 9.66. The summed E-state index contributed by atoms with van der Waals surface area (Å²) in [5.41, 5.74) is 8.81. The molecule has 33 heavy (non-hydrogen) atoms. The SMILES string of the molecule is C=C(NCc1cnc(C(C)(N)F)nc1)c1cc(OCC(C)CC)cc(C(=C)S/C(C)=C\C)c1. The van der Waals surface area contributed by atoms with Crippen molar-refractivity contribution in [3.8, 4) is 5.75 Å². The fourth-order valence-electron chi connectivity index (χ4n) is 2.70. The summed E-state index contributed by atoms with van der Waals surface area (Å²) in [7, 11) is 0. The van der Waals surface area contributed by atoms with Crippen LogP contribution in [-0.4, -0.2) is 16.6 Å². The molecule has 0 spiro atoms. The third-order valence-electron chi connectivity index (χ3n) is 5.15. The fraction of sp³-hybridized carbons (Fsp3) is 0.385. The Hall–Kier alpha value is -2.64. The van der Waals surface area contributed by atoms with Gasteiger partial charge in [-0.15, -0.1) is 0 Å². The number of allylic oxidation sites excluding steroid dienone is 2. The van der Waals surface area contributed by atoms with Gasteiger partial charge < -0.3 is 10.1 Å². The number of benzene rings is 1. The van der Waals surface area contributed by atoms with Crippen molar-refractivity contribution < 1.29 is 9.13 Å². The van der Waals surface area contributed by atoms with E-state index in [4.69, 9.17) is 10.5 Å². The van der Waals surface area contributed by atoms with Crippen LogP contribution in [0.3, 0.4) is 0 Å². The van der Waals surface area contributed by atoms with Crippen molar-refractivity contribution in [1.82, 2.24) is 15.3 Å². The lowest BCUT2D eigenvalue weighted by molar-refractivity contribution is 0.188. The van der Waals surface area contributed by atoms with Crippen molar-refractivity contribution in [1.29, 1.82) is 0 Å². The molecule has 178 valence electrons. The van der Waals surface area contributed by atoms with E-state index in [9.17, 15) is 4.39 Å². The van der Waals surface area contributed by atoms with E-state index in [0.29, 0.717) is 19.1 Å². The topological polar surface area (TPSA) is 73.1 Å². The van der Waals surface area contributed by atoms with Crippen LogP contribution in [0.4, 0.5) is 4.39 Å². The number of nitrogens with zero attached hydrogens (tertiary/aromatic N) is 2. The summed E-state index contributed by atoms with van der Waals surface area (Å²) in [4.78, 5) is 10.1. The van der Waals surface area contributed by atoms with Crippen LogP contribution in [0.1, 0.15) is 63.6 Å². The third kappa shape index (κ3) is 8.33. The van der Waals surface area contributed by atoms with E-state index in [-0.39, 0.29) is 5.82 Å². The Morgan fingerprint density at radius 3 is 2.48 bits per heavy atom. The highest BCUT2D eigenvalue weighted by molar-refractivity contribution is 8.11. The highest BCUT2D eigenvalue weighted by atomic mass is 32.2. The van der Waals surface area contributed by atoms with Crippen LogP contribution in [0, 0.1) is 5.92 Å². The molecule has 0 amide bonds. The van der Waals surface area contributed by atoms with Gasteiger partial charge in [0.2, 0.25) is 5.79 Å². The van der Waals surface area contributed by atoms with E-state index < -0.39 is 5.79 Å².